The van der Waals surface area contributed by atoms with Crippen molar-refractivity contribution in [3.8, 4) is 5.75 Å². The summed E-state index contributed by atoms with van der Waals surface area (Å²) in [5.41, 5.74) is 2.54. The number of anilines is 1. The summed E-state index contributed by atoms with van der Waals surface area (Å²) in [6.45, 7) is 7.57. The molecule has 19 heavy (non-hydrogen) atoms. The van der Waals surface area contributed by atoms with Crippen LogP contribution in [0.4, 0.5) is 5.69 Å². The second kappa shape index (κ2) is 7.39. The highest BCUT2D eigenvalue weighted by atomic mass is 16.5. The smallest absolute Gasteiger partial charge is 0.142 e. The Morgan fingerprint density at radius 2 is 2.11 bits per heavy atom. The number of para-hydroxylation sites is 1. The van der Waals surface area contributed by atoms with Gasteiger partial charge in [-0.2, -0.15) is 0 Å². The molecular formula is C16H25NO2. The van der Waals surface area contributed by atoms with Crippen molar-refractivity contribution in [3.05, 3.63) is 23.8 Å². The van der Waals surface area contributed by atoms with Crippen LogP contribution in [0, 0.1) is 5.92 Å². The third-order valence-electron chi connectivity index (χ3n) is 3.36. The lowest BCUT2D eigenvalue weighted by Crippen LogP contribution is -2.14. The molecule has 106 valence electrons. The fourth-order valence-electron chi connectivity index (χ4n) is 2.23. The van der Waals surface area contributed by atoms with Gasteiger partial charge in [-0.25, -0.2) is 0 Å². The standard InChI is InChI=1S/C16H25NO2/c1-13(2)8-10-18-11-12-19-15-7-3-5-14-6-4-9-17-16(14)15/h3,5,7,13,17H,4,6,8-12H2,1-2H3. The van der Waals surface area contributed by atoms with Crippen LogP contribution in [-0.4, -0.2) is 26.4 Å². The van der Waals surface area contributed by atoms with E-state index < -0.39 is 0 Å². The lowest BCUT2D eigenvalue weighted by molar-refractivity contribution is 0.0927. The van der Waals surface area contributed by atoms with E-state index in [2.05, 4.69) is 31.3 Å². The van der Waals surface area contributed by atoms with E-state index in [4.69, 9.17) is 9.47 Å². The van der Waals surface area contributed by atoms with E-state index in [9.17, 15) is 0 Å². The second-order valence-corrected chi connectivity index (χ2v) is 5.46. The van der Waals surface area contributed by atoms with Crippen LogP contribution in [0.25, 0.3) is 0 Å². The van der Waals surface area contributed by atoms with Gasteiger partial charge in [0.15, 0.2) is 0 Å². The minimum atomic E-state index is 0.621. The summed E-state index contributed by atoms with van der Waals surface area (Å²) in [4.78, 5) is 0. The van der Waals surface area contributed by atoms with E-state index in [0.29, 0.717) is 19.1 Å². The first-order valence-corrected chi connectivity index (χ1v) is 7.33. The number of ether oxygens (including phenoxy) is 2. The van der Waals surface area contributed by atoms with Crippen molar-refractivity contribution in [3.63, 3.8) is 0 Å². The third-order valence-corrected chi connectivity index (χ3v) is 3.36. The van der Waals surface area contributed by atoms with Crippen LogP contribution >= 0.6 is 0 Å². The van der Waals surface area contributed by atoms with Crippen molar-refractivity contribution in [1.82, 2.24) is 0 Å². The van der Waals surface area contributed by atoms with Crippen molar-refractivity contribution >= 4 is 5.69 Å². The molecule has 0 amide bonds. The number of fused-ring (bicyclic) bond motifs is 1. The van der Waals surface area contributed by atoms with Gasteiger partial charge in [0.05, 0.1) is 12.3 Å². The lowest BCUT2D eigenvalue weighted by atomic mass is 10.0. The maximum atomic E-state index is 5.82. The minimum absolute atomic E-state index is 0.621. The van der Waals surface area contributed by atoms with Gasteiger partial charge in [-0.05, 0) is 36.8 Å². The topological polar surface area (TPSA) is 30.5 Å². The average Bonchev–Trinajstić information content (AvgIpc) is 2.42. The van der Waals surface area contributed by atoms with E-state index in [1.807, 2.05) is 6.07 Å². The predicted molar refractivity (Wildman–Crippen MR) is 79.0 cm³/mol. The van der Waals surface area contributed by atoms with Crippen LogP contribution in [0.1, 0.15) is 32.3 Å². The molecule has 0 saturated heterocycles. The van der Waals surface area contributed by atoms with Gasteiger partial charge in [-0.15, -0.1) is 0 Å². The number of benzene rings is 1. The monoisotopic (exact) mass is 263 g/mol. The van der Waals surface area contributed by atoms with Gasteiger partial charge < -0.3 is 14.8 Å². The van der Waals surface area contributed by atoms with Crippen molar-refractivity contribution in [2.75, 3.05) is 31.7 Å². The summed E-state index contributed by atoms with van der Waals surface area (Å²) in [5, 5.41) is 3.43. The molecule has 0 unspecified atom stereocenters. The van der Waals surface area contributed by atoms with Crippen molar-refractivity contribution < 1.29 is 9.47 Å². The van der Waals surface area contributed by atoms with Gasteiger partial charge in [0.25, 0.3) is 0 Å². The Balaban J connectivity index is 1.74. The fraction of sp³-hybridized carbons (Fsp3) is 0.625. The maximum Gasteiger partial charge on any atom is 0.142 e. The van der Waals surface area contributed by atoms with E-state index in [0.717, 1.165) is 31.7 Å². The van der Waals surface area contributed by atoms with Gasteiger partial charge in [-0.3, -0.25) is 0 Å². The quantitative estimate of drug-likeness (QED) is 0.764. The molecule has 1 aliphatic heterocycles. The average molecular weight is 263 g/mol. The van der Waals surface area contributed by atoms with Gasteiger partial charge in [0, 0.05) is 13.2 Å². The van der Waals surface area contributed by atoms with Crippen LogP contribution in [0.5, 0.6) is 5.75 Å². The first kappa shape index (κ1) is 14.2. The number of rotatable bonds is 7. The molecular weight excluding hydrogens is 238 g/mol. The molecule has 1 aromatic rings. The Labute approximate surface area is 116 Å². The second-order valence-electron chi connectivity index (χ2n) is 5.46. The van der Waals surface area contributed by atoms with Crippen LogP contribution < -0.4 is 10.1 Å². The van der Waals surface area contributed by atoms with E-state index in [1.54, 1.807) is 0 Å². The summed E-state index contributed by atoms with van der Waals surface area (Å²) in [6.07, 6.45) is 3.46. The molecule has 0 saturated carbocycles. The zero-order valence-corrected chi connectivity index (χ0v) is 12.1. The molecule has 0 aromatic heterocycles. The van der Waals surface area contributed by atoms with E-state index in [1.165, 1.54) is 17.7 Å². The molecule has 1 aromatic carbocycles. The van der Waals surface area contributed by atoms with Crippen molar-refractivity contribution in [2.45, 2.75) is 33.1 Å². The SMILES string of the molecule is CC(C)CCOCCOc1cccc2c1NCCC2. The summed E-state index contributed by atoms with van der Waals surface area (Å²) >= 11 is 0. The number of hydrogen-bond donors (Lipinski definition) is 1. The Morgan fingerprint density at radius 1 is 1.21 bits per heavy atom. The largest absolute Gasteiger partial charge is 0.489 e. The molecule has 1 heterocycles. The predicted octanol–water partition coefficient (Wildman–Crippen LogP) is 3.49. The first-order chi connectivity index (χ1) is 9.27. The molecule has 2 rings (SSSR count). The Hall–Kier alpha value is -1.22. The van der Waals surface area contributed by atoms with Crippen molar-refractivity contribution in [1.29, 1.82) is 0 Å². The Kier molecular flexibility index (Phi) is 5.52. The molecule has 0 radical (unpaired) electrons. The van der Waals surface area contributed by atoms with Crippen LogP contribution in [0.3, 0.4) is 0 Å². The molecule has 0 spiro atoms. The van der Waals surface area contributed by atoms with Crippen molar-refractivity contribution in [2.24, 2.45) is 5.92 Å². The summed E-state index contributed by atoms with van der Waals surface area (Å²) < 4.78 is 11.4. The van der Waals surface area contributed by atoms with E-state index >= 15 is 0 Å². The highest BCUT2D eigenvalue weighted by molar-refractivity contribution is 5.63. The molecule has 0 atom stereocenters. The number of aryl methyl sites for hydroxylation is 1. The molecule has 3 heteroatoms. The number of hydrogen-bond acceptors (Lipinski definition) is 3. The minimum Gasteiger partial charge on any atom is -0.489 e. The Morgan fingerprint density at radius 3 is 2.95 bits per heavy atom. The van der Waals surface area contributed by atoms with Gasteiger partial charge in [0.2, 0.25) is 0 Å². The maximum absolute atomic E-state index is 5.82. The Bertz CT molecular complexity index is 390. The third kappa shape index (κ3) is 4.43. The lowest BCUT2D eigenvalue weighted by Gasteiger charge is -2.21. The molecule has 0 aliphatic carbocycles. The molecule has 0 bridgehead atoms. The fourth-order valence-corrected chi connectivity index (χ4v) is 2.23. The molecule has 1 aliphatic rings. The van der Waals surface area contributed by atoms with Gasteiger partial charge in [0.1, 0.15) is 12.4 Å². The highest BCUT2D eigenvalue weighted by Gasteiger charge is 2.12. The normalized spacial score (nSPS) is 14.1. The highest BCUT2D eigenvalue weighted by Crippen LogP contribution is 2.31. The van der Waals surface area contributed by atoms with Gasteiger partial charge in [-0.1, -0.05) is 26.0 Å². The van der Waals surface area contributed by atoms with Crippen LogP contribution in [0.2, 0.25) is 0 Å². The first-order valence-electron chi connectivity index (χ1n) is 7.33. The number of nitrogens with one attached hydrogen (secondary N) is 1. The molecule has 0 fully saturated rings. The van der Waals surface area contributed by atoms with Crippen LogP contribution in [-0.2, 0) is 11.2 Å². The molecule has 1 N–H and O–H groups in total. The zero-order chi connectivity index (χ0) is 13.5. The summed E-state index contributed by atoms with van der Waals surface area (Å²) in [7, 11) is 0. The van der Waals surface area contributed by atoms with Gasteiger partial charge >= 0.3 is 0 Å². The molecule has 3 nitrogen and oxygen atoms in total. The van der Waals surface area contributed by atoms with E-state index in [-0.39, 0.29) is 0 Å². The summed E-state index contributed by atoms with van der Waals surface area (Å²) in [6, 6.07) is 6.28. The van der Waals surface area contributed by atoms with Crippen LogP contribution in [0.15, 0.2) is 18.2 Å². The zero-order valence-electron chi connectivity index (χ0n) is 12.1. The summed E-state index contributed by atoms with van der Waals surface area (Å²) in [5.74, 6) is 1.66.